The van der Waals surface area contributed by atoms with Crippen molar-refractivity contribution >= 4 is 5.69 Å². The van der Waals surface area contributed by atoms with Gasteiger partial charge >= 0.3 is 0 Å². The lowest BCUT2D eigenvalue weighted by Gasteiger charge is -2.02. The summed E-state index contributed by atoms with van der Waals surface area (Å²) >= 11 is 0. The first-order chi connectivity index (χ1) is 6.15. The van der Waals surface area contributed by atoms with Gasteiger partial charge < -0.3 is 4.74 Å². The maximum Gasteiger partial charge on any atom is 0.273 e. The summed E-state index contributed by atoms with van der Waals surface area (Å²) < 4.78 is 17.7. The van der Waals surface area contributed by atoms with E-state index in [0.29, 0.717) is 0 Å². The summed E-state index contributed by atoms with van der Waals surface area (Å²) in [4.78, 5) is 9.70. The molecule has 0 bridgehead atoms. The van der Waals surface area contributed by atoms with E-state index < -0.39 is 10.7 Å². The Labute approximate surface area is 74.1 Å². The Bertz CT molecular complexity index is 327. The Morgan fingerprint density at radius 2 is 2.31 bits per heavy atom. The number of nitro benzene ring substituents is 1. The number of nitrogens with zero attached hydrogens (tertiary/aromatic N) is 1. The van der Waals surface area contributed by atoms with Crippen LogP contribution in [-0.4, -0.2) is 11.5 Å². The molecule has 0 aliphatic rings. The van der Waals surface area contributed by atoms with Gasteiger partial charge in [0.05, 0.1) is 17.6 Å². The second-order valence-electron chi connectivity index (χ2n) is 2.30. The molecule has 0 amide bonds. The summed E-state index contributed by atoms with van der Waals surface area (Å²) in [5, 5.41) is 10.3. The molecule has 0 N–H and O–H groups in total. The van der Waals surface area contributed by atoms with Crippen molar-refractivity contribution in [2.75, 3.05) is 6.61 Å². The van der Waals surface area contributed by atoms with Crippen LogP contribution in [0.25, 0.3) is 0 Å². The van der Waals surface area contributed by atoms with E-state index in [0.717, 1.165) is 18.2 Å². The molecule has 0 aliphatic carbocycles. The van der Waals surface area contributed by atoms with E-state index in [1.54, 1.807) is 6.92 Å². The van der Waals surface area contributed by atoms with Gasteiger partial charge in [0.25, 0.3) is 5.69 Å². The molecule has 70 valence electrons. The zero-order chi connectivity index (χ0) is 9.84. The number of hydrogen-bond acceptors (Lipinski definition) is 3. The van der Waals surface area contributed by atoms with Gasteiger partial charge in [0.1, 0.15) is 0 Å². The number of non-ortho nitro benzene ring substituents is 1. The van der Waals surface area contributed by atoms with E-state index in [1.807, 2.05) is 0 Å². The van der Waals surface area contributed by atoms with E-state index in [9.17, 15) is 14.5 Å². The molecule has 1 aromatic rings. The second kappa shape index (κ2) is 3.84. The van der Waals surface area contributed by atoms with Gasteiger partial charge in [-0.25, -0.2) is 4.39 Å². The first kappa shape index (κ1) is 9.44. The van der Waals surface area contributed by atoms with Gasteiger partial charge in [0, 0.05) is 6.07 Å². The van der Waals surface area contributed by atoms with Gasteiger partial charge in [0.15, 0.2) is 11.6 Å². The van der Waals surface area contributed by atoms with Gasteiger partial charge in [-0.3, -0.25) is 10.1 Å². The van der Waals surface area contributed by atoms with Crippen molar-refractivity contribution in [2.24, 2.45) is 0 Å². The number of halogens is 1. The minimum absolute atomic E-state index is 0.0864. The fourth-order valence-electron chi connectivity index (χ4n) is 0.872. The fraction of sp³-hybridized carbons (Fsp3) is 0.250. The number of benzene rings is 1. The lowest BCUT2D eigenvalue weighted by Crippen LogP contribution is -1.96. The number of ether oxygens (including phenoxy) is 1. The molecular formula is C8H8FNO3. The molecule has 1 rings (SSSR count). The van der Waals surface area contributed by atoms with Gasteiger partial charge in [0.2, 0.25) is 0 Å². The summed E-state index contributed by atoms with van der Waals surface area (Å²) in [5.41, 5.74) is -0.176. The zero-order valence-corrected chi connectivity index (χ0v) is 6.99. The molecule has 0 aliphatic heterocycles. The molecule has 5 heteroatoms. The normalized spacial score (nSPS) is 9.69. The summed E-state index contributed by atoms with van der Waals surface area (Å²) in [6, 6.07) is 3.18. The van der Waals surface area contributed by atoms with Crippen molar-refractivity contribution in [1.82, 2.24) is 0 Å². The van der Waals surface area contributed by atoms with Crippen LogP contribution in [0.3, 0.4) is 0 Å². The van der Waals surface area contributed by atoms with E-state index in [2.05, 4.69) is 0 Å². The molecule has 0 radical (unpaired) electrons. The van der Waals surface area contributed by atoms with Crippen LogP contribution in [0.4, 0.5) is 10.1 Å². The molecule has 0 heterocycles. The van der Waals surface area contributed by atoms with Crippen LogP contribution in [0.2, 0.25) is 0 Å². The molecular weight excluding hydrogens is 177 g/mol. The Hall–Kier alpha value is -1.65. The highest BCUT2D eigenvalue weighted by atomic mass is 19.1. The van der Waals surface area contributed by atoms with Crippen LogP contribution < -0.4 is 4.74 Å². The van der Waals surface area contributed by atoms with Gasteiger partial charge in [-0.2, -0.15) is 0 Å². The van der Waals surface area contributed by atoms with E-state index in [-0.39, 0.29) is 18.0 Å². The number of rotatable bonds is 3. The van der Waals surface area contributed by atoms with Crippen molar-refractivity contribution in [3.8, 4) is 5.75 Å². The Morgan fingerprint density at radius 3 is 2.85 bits per heavy atom. The van der Waals surface area contributed by atoms with E-state index in [1.165, 1.54) is 0 Å². The Morgan fingerprint density at radius 1 is 1.62 bits per heavy atom. The highest BCUT2D eigenvalue weighted by molar-refractivity contribution is 5.39. The average Bonchev–Trinajstić information content (AvgIpc) is 2.08. The lowest BCUT2D eigenvalue weighted by atomic mass is 10.3. The number of hydrogen-bond donors (Lipinski definition) is 0. The quantitative estimate of drug-likeness (QED) is 0.535. The van der Waals surface area contributed by atoms with Crippen molar-refractivity contribution in [1.29, 1.82) is 0 Å². The first-order valence-corrected chi connectivity index (χ1v) is 3.72. The third-order valence-corrected chi connectivity index (χ3v) is 1.43. The maximum atomic E-state index is 12.9. The minimum Gasteiger partial charge on any atom is -0.491 e. The third-order valence-electron chi connectivity index (χ3n) is 1.43. The van der Waals surface area contributed by atoms with Crippen molar-refractivity contribution in [3.05, 3.63) is 34.1 Å². The first-order valence-electron chi connectivity index (χ1n) is 3.72. The summed E-state index contributed by atoms with van der Waals surface area (Å²) in [6.45, 7) is 1.95. The third kappa shape index (κ3) is 2.14. The van der Waals surface area contributed by atoms with Crippen LogP contribution >= 0.6 is 0 Å². The van der Waals surface area contributed by atoms with Crippen LogP contribution in [0, 0.1) is 15.9 Å². The lowest BCUT2D eigenvalue weighted by molar-refractivity contribution is -0.385. The molecule has 0 fully saturated rings. The monoisotopic (exact) mass is 185 g/mol. The molecule has 0 atom stereocenters. The summed E-state index contributed by atoms with van der Waals surface area (Å²) in [5.74, 6) is -0.677. The van der Waals surface area contributed by atoms with Crippen LogP contribution in [0.5, 0.6) is 5.75 Å². The zero-order valence-electron chi connectivity index (χ0n) is 6.99. The molecule has 0 aromatic heterocycles. The second-order valence-corrected chi connectivity index (χ2v) is 2.30. The van der Waals surface area contributed by atoms with E-state index in [4.69, 9.17) is 4.74 Å². The van der Waals surface area contributed by atoms with E-state index >= 15 is 0 Å². The summed E-state index contributed by atoms with van der Waals surface area (Å²) in [7, 11) is 0. The smallest absolute Gasteiger partial charge is 0.273 e. The predicted octanol–water partition coefficient (Wildman–Crippen LogP) is 2.13. The Kier molecular flexibility index (Phi) is 2.79. The highest BCUT2D eigenvalue weighted by Crippen LogP contribution is 2.22. The Balaban J connectivity index is 3.03. The molecule has 13 heavy (non-hydrogen) atoms. The van der Waals surface area contributed by atoms with Crippen molar-refractivity contribution in [3.63, 3.8) is 0 Å². The summed E-state index contributed by atoms with van der Waals surface area (Å²) in [6.07, 6.45) is 0. The largest absolute Gasteiger partial charge is 0.491 e. The maximum absolute atomic E-state index is 12.9. The van der Waals surface area contributed by atoms with Gasteiger partial charge in [-0.05, 0) is 13.0 Å². The SMILES string of the molecule is CCOc1cc([N+](=O)[O-])ccc1F. The molecule has 1 aromatic carbocycles. The van der Waals surface area contributed by atoms with Crippen LogP contribution in [-0.2, 0) is 0 Å². The van der Waals surface area contributed by atoms with Crippen molar-refractivity contribution < 1.29 is 14.1 Å². The molecule has 0 unspecified atom stereocenters. The van der Waals surface area contributed by atoms with Crippen LogP contribution in [0.1, 0.15) is 6.92 Å². The molecule has 0 saturated heterocycles. The standard InChI is InChI=1S/C8H8FNO3/c1-2-13-8-5-6(10(11)12)3-4-7(8)9/h3-5H,2H2,1H3. The minimum atomic E-state index is -0.595. The topological polar surface area (TPSA) is 52.4 Å². The molecule has 0 saturated carbocycles. The van der Waals surface area contributed by atoms with Gasteiger partial charge in [-0.15, -0.1) is 0 Å². The molecule has 0 spiro atoms. The average molecular weight is 185 g/mol. The highest BCUT2D eigenvalue weighted by Gasteiger charge is 2.10. The fourth-order valence-corrected chi connectivity index (χ4v) is 0.872. The predicted molar refractivity (Wildman–Crippen MR) is 44.2 cm³/mol. The van der Waals surface area contributed by atoms with Crippen molar-refractivity contribution in [2.45, 2.75) is 6.92 Å². The van der Waals surface area contributed by atoms with Gasteiger partial charge in [-0.1, -0.05) is 0 Å². The number of nitro groups is 1. The van der Waals surface area contributed by atoms with Crippen LogP contribution in [0.15, 0.2) is 18.2 Å². The molecule has 4 nitrogen and oxygen atoms in total.